The standard InChI is InChI=1S/C25H20N4O2/c1-28(21-11-3-2-10-20(21)26)24(30)17-12-13-22(27-14-17)29-15-18-8-4-6-16-7-5-9-19(23(16)18)25(29)31/h2-14H,15,26H2,1H3. The molecule has 0 unspecified atom stereocenters. The molecular formula is C25H20N4O2. The van der Waals surface area contributed by atoms with Crippen LogP contribution in [0.4, 0.5) is 17.2 Å². The van der Waals surface area contributed by atoms with Crippen molar-refractivity contribution in [3.63, 3.8) is 0 Å². The molecule has 0 radical (unpaired) electrons. The average molecular weight is 408 g/mol. The number of nitrogen functional groups attached to an aromatic ring is 1. The van der Waals surface area contributed by atoms with Crippen LogP contribution in [-0.4, -0.2) is 23.8 Å². The molecule has 31 heavy (non-hydrogen) atoms. The van der Waals surface area contributed by atoms with E-state index in [1.807, 2.05) is 48.5 Å². The van der Waals surface area contributed by atoms with Gasteiger partial charge in [0.1, 0.15) is 5.82 Å². The van der Waals surface area contributed by atoms with Gasteiger partial charge in [0, 0.05) is 18.8 Å². The highest BCUT2D eigenvalue weighted by Gasteiger charge is 2.27. The van der Waals surface area contributed by atoms with Gasteiger partial charge < -0.3 is 10.6 Å². The summed E-state index contributed by atoms with van der Waals surface area (Å²) in [4.78, 5) is 33.6. The Hall–Kier alpha value is -4.19. The molecule has 1 aliphatic rings. The molecule has 6 heteroatoms. The normalized spacial score (nSPS) is 12.8. The first-order valence-corrected chi connectivity index (χ1v) is 9.95. The van der Waals surface area contributed by atoms with Crippen molar-refractivity contribution in [1.29, 1.82) is 0 Å². The van der Waals surface area contributed by atoms with Crippen LogP contribution in [0.3, 0.4) is 0 Å². The molecule has 0 bridgehead atoms. The lowest BCUT2D eigenvalue weighted by atomic mass is 9.95. The first-order chi connectivity index (χ1) is 15.0. The number of nitrogens with two attached hydrogens (primary N) is 1. The summed E-state index contributed by atoms with van der Waals surface area (Å²) in [6, 6.07) is 22.4. The van der Waals surface area contributed by atoms with Crippen molar-refractivity contribution in [2.75, 3.05) is 22.6 Å². The van der Waals surface area contributed by atoms with Crippen LogP contribution in [0.15, 0.2) is 79.0 Å². The Morgan fingerprint density at radius 2 is 1.77 bits per heavy atom. The quantitative estimate of drug-likeness (QED) is 0.514. The Balaban J connectivity index is 1.44. The van der Waals surface area contributed by atoms with E-state index < -0.39 is 0 Å². The maximum atomic E-state index is 13.2. The number of hydrogen-bond acceptors (Lipinski definition) is 4. The fraction of sp³-hybridized carbons (Fsp3) is 0.0800. The minimum absolute atomic E-state index is 0.0925. The smallest absolute Gasteiger partial charge is 0.260 e. The minimum atomic E-state index is -0.225. The van der Waals surface area contributed by atoms with Gasteiger partial charge in [0.25, 0.3) is 11.8 Å². The van der Waals surface area contributed by atoms with Crippen molar-refractivity contribution >= 4 is 39.8 Å². The molecule has 1 aromatic heterocycles. The fourth-order valence-corrected chi connectivity index (χ4v) is 4.07. The van der Waals surface area contributed by atoms with Gasteiger partial charge in [-0.1, -0.05) is 42.5 Å². The van der Waals surface area contributed by atoms with Crippen molar-refractivity contribution in [2.45, 2.75) is 6.54 Å². The highest BCUT2D eigenvalue weighted by molar-refractivity contribution is 6.17. The Morgan fingerprint density at radius 3 is 2.52 bits per heavy atom. The van der Waals surface area contributed by atoms with Crippen LogP contribution in [0.25, 0.3) is 10.8 Å². The molecule has 0 saturated carbocycles. The molecular weight excluding hydrogens is 388 g/mol. The third kappa shape index (κ3) is 3.09. The van der Waals surface area contributed by atoms with Gasteiger partial charge in [0.05, 0.1) is 23.5 Å². The van der Waals surface area contributed by atoms with Crippen molar-refractivity contribution in [3.05, 3.63) is 95.7 Å². The van der Waals surface area contributed by atoms with Gasteiger partial charge in [0.2, 0.25) is 0 Å². The lowest BCUT2D eigenvalue weighted by Crippen LogP contribution is -2.34. The van der Waals surface area contributed by atoms with E-state index in [1.165, 1.54) is 11.1 Å². The number of para-hydroxylation sites is 2. The number of carbonyl (C=O) groups excluding carboxylic acids is 2. The van der Waals surface area contributed by atoms with Gasteiger partial charge in [-0.05, 0) is 46.7 Å². The molecule has 0 saturated heterocycles. The van der Waals surface area contributed by atoms with E-state index in [4.69, 9.17) is 5.73 Å². The Kier molecular flexibility index (Phi) is 4.40. The molecule has 0 fully saturated rings. The third-order valence-electron chi connectivity index (χ3n) is 5.67. The van der Waals surface area contributed by atoms with E-state index in [-0.39, 0.29) is 11.8 Å². The summed E-state index contributed by atoms with van der Waals surface area (Å²) in [5.74, 6) is 0.192. The average Bonchev–Trinajstić information content (AvgIpc) is 2.81. The summed E-state index contributed by atoms with van der Waals surface area (Å²) in [7, 11) is 1.67. The van der Waals surface area contributed by atoms with E-state index in [1.54, 1.807) is 36.2 Å². The van der Waals surface area contributed by atoms with Gasteiger partial charge in [-0.3, -0.25) is 14.5 Å². The number of pyridine rings is 1. The highest BCUT2D eigenvalue weighted by atomic mass is 16.2. The maximum absolute atomic E-state index is 13.2. The molecule has 6 nitrogen and oxygen atoms in total. The molecule has 1 aliphatic heterocycles. The summed E-state index contributed by atoms with van der Waals surface area (Å²) in [5, 5.41) is 2.06. The first-order valence-electron chi connectivity index (χ1n) is 9.95. The Labute approximate surface area is 179 Å². The second-order valence-corrected chi connectivity index (χ2v) is 7.54. The van der Waals surface area contributed by atoms with Gasteiger partial charge >= 0.3 is 0 Å². The van der Waals surface area contributed by atoms with E-state index in [2.05, 4.69) is 4.98 Å². The van der Waals surface area contributed by atoms with Crippen LogP contribution < -0.4 is 15.5 Å². The number of rotatable bonds is 3. The number of anilines is 3. The molecule has 152 valence electrons. The molecule has 3 aromatic carbocycles. The summed E-state index contributed by atoms with van der Waals surface area (Å²) < 4.78 is 0. The molecule has 0 spiro atoms. The van der Waals surface area contributed by atoms with Crippen LogP contribution in [-0.2, 0) is 6.54 Å². The van der Waals surface area contributed by atoms with E-state index in [9.17, 15) is 9.59 Å². The van der Waals surface area contributed by atoms with Gasteiger partial charge in [0.15, 0.2) is 0 Å². The Bertz CT molecular complexity index is 1330. The van der Waals surface area contributed by atoms with Crippen LogP contribution in [0, 0.1) is 0 Å². The summed E-state index contributed by atoms with van der Waals surface area (Å²) in [6.45, 7) is 0.438. The number of amides is 2. The summed E-state index contributed by atoms with van der Waals surface area (Å²) in [5.41, 5.74) is 9.31. The summed E-state index contributed by atoms with van der Waals surface area (Å²) >= 11 is 0. The van der Waals surface area contributed by atoms with E-state index >= 15 is 0 Å². The van der Waals surface area contributed by atoms with Crippen molar-refractivity contribution in [1.82, 2.24) is 4.98 Å². The highest BCUT2D eigenvalue weighted by Crippen LogP contribution is 2.32. The van der Waals surface area contributed by atoms with E-state index in [0.29, 0.717) is 34.9 Å². The van der Waals surface area contributed by atoms with Gasteiger partial charge in [-0.15, -0.1) is 0 Å². The molecule has 5 rings (SSSR count). The molecule has 2 N–H and O–H groups in total. The number of aromatic nitrogens is 1. The van der Waals surface area contributed by atoms with Crippen LogP contribution in [0.5, 0.6) is 0 Å². The molecule has 2 amide bonds. The maximum Gasteiger partial charge on any atom is 0.260 e. The number of hydrogen-bond donors (Lipinski definition) is 1. The predicted molar refractivity (Wildman–Crippen MR) is 122 cm³/mol. The minimum Gasteiger partial charge on any atom is -0.397 e. The molecule has 0 atom stereocenters. The topological polar surface area (TPSA) is 79.5 Å². The predicted octanol–water partition coefficient (Wildman–Crippen LogP) is 4.25. The largest absolute Gasteiger partial charge is 0.397 e. The second kappa shape index (κ2) is 7.25. The van der Waals surface area contributed by atoms with Crippen LogP contribution in [0.1, 0.15) is 26.3 Å². The van der Waals surface area contributed by atoms with Crippen LogP contribution >= 0.6 is 0 Å². The number of carbonyl (C=O) groups is 2. The van der Waals surface area contributed by atoms with Gasteiger partial charge in [-0.2, -0.15) is 0 Å². The lowest BCUT2D eigenvalue weighted by molar-refractivity contribution is 0.0980. The molecule has 0 aliphatic carbocycles. The molecule has 4 aromatic rings. The zero-order valence-corrected chi connectivity index (χ0v) is 16.9. The number of nitrogens with zero attached hydrogens (tertiary/aromatic N) is 3. The second-order valence-electron chi connectivity index (χ2n) is 7.54. The number of benzene rings is 3. The van der Waals surface area contributed by atoms with Crippen molar-refractivity contribution in [2.24, 2.45) is 0 Å². The zero-order chi connectivity index (χ0) is 21.5. The monoisotopic (exact) mass is 408 g/mol. The fourth-order valence-electron chi connectivity index (χ4n) is 4.07. The Morgan fingerprint density at radius 1 is 1.00 bits per heavy atom. The zero-order valence-electron chi connectivity index (χ0n) is 16.9. The lowest BCUT2D eigenvalue weighted by Gasteiger charge is -2.28. The summed E-state index contributed by atoms with van der Waals surface area (Å²) in [6.07, 6.45) is 1.50. The van der Waals surface area contributed by atoms with Gasteiger partial charge in [-0.25, -0.2) is 4.98 Å². The van der Waals surface area contributed by atoms with Crippen molar-refractivity contribution in [3.8, 4) is 0 Å². The molecule has 2 heterocycles. The van der Waals surface area contributed by atoms with Crippen molar-refractivity contribution < 1.29 is 9.59 Å². The van der Waals surface area contributed by atoms with Crippen LogP contribution in [0.2, 0.25) is 0 Å². The van der Waals surface area contributed by atoms with E-state index in [0.717, 1.165) is 16.3 Å². The third-order valence-corrected chi connectivity index (χ3v) is 5.67. The first kappa shape index (κ1) is 18.8. The SMILES string of the molecule is CN(C(=O)c1ccc(N2Cc3cccc4cccc(c34)C2=O)nc1)c1ccccc1N.